The molecule has 0 spiro atoms. The number of para-hydroxylation sites is 4. The molecule has 0 unspecified atom stereocenters. The minimum atomic E-state index is 0.195. The van der Waals surface area contributed by atoms with E-state index in [0.717, 1.165) is 0 Å². The lowest BCUT2D eigenvalue weighted by Crippen LogP contribution is -1.95. The van der Waals surface area contributed by atoms with E-state index in [4.69, 9.17) is 0 Å². The predicted octanol–water partition coefficient (Wildman–Crippen LogP) is 8.46. The van der Waals surface area contributed by atoms with Gasteiger partial charge in [0.05, 0.1) is 11.4 Å². The van der Waals surface area contributed by atoms with Gasteiger partial charge in [-0.3, -0.25) is 9.98 Å². The topological polar surface area (TPSA) is 65.2 Å². The van der Waals surface area contributed by atoms with Crippen molar-refractivity contribution in [3.05, 3.63) is 83.9 Å². The molecule has 0 aliphatic carbocycles. The third kappa shape index (κ3) is 8.38. The molecule has 4 nitrogen and oxygen atoms in total. The average molecular weight is 435 g/mol. The Morgan fingerprint density at radius 3 is 1.09 bits per heavy atom. The van der Waals surface area contributed by atoms with Crippen molar-refractivity contribution in [2.45, 2.75) is 55.4 Å². The van der Waals surface area contributed by atoms with Gasteiger partial charge in [0.25, 0.3) is 0 Å². The van der Waals surface area contributed by atoms with E-state index in [1.54, 1.807) is 24.3 Å². The number of benzene rings is 3. The first-order valence-corrected chi connectivity index (χ1v) is 11.3. The molecule has 0 saturated heterocycles. The van der Waals surface area contributed by atoms with E-state index in [1.807, 2.05) is 104 Å². The molecule has 0 aliphatic heterocycles. The second-order valence-corrected chi connectivity index (χ2v) is 5.92. The summed E-state index contributed by atoms with van der Waals surface area (Å²) >= 11 is 0. The fourth-order valence-corrected chi connectivity index (χ4v) is 2.69. The van der Waals surface area contributed by atoms with E-state index >= 15 is 0 Å². The van der Waals surface area contributed by atoms with E-state index in [1.165, 1.54) is 0 Å². The second kappa shape index (κ2) is 16.3. The van der Waals surface area contributed by atoms with Gasteiger partial charge < -0.3 is 10.2 Å². The van der Waals surface area contributed by atoms with Crippen molar-refractivity contribution in [2.75, 3.05) is 0 Å². The molecular formula is C28H38N2O2. The van der Waals surface area contributed by atoms with Crippen LogP contribution in [0.25, 0.3) is 0 Å². The minimum absolute atomic E-state index is 0.195. The van der Waals surface area contributed by atoms with Crippen molar-refractivity contribution in [1.82, 2.24) is 0 Å². The molecule has 0 bridgehead atoms. The van der Waals surface area contributed by atoms with Crippen molar-refractivity contribution in [3.63, 3.8) is 0 Å². The Kier molecular flexibility index (Phi) is 14.6. The number of hydrogen-bond acceptors (Lipinski definition) is 4. The monoisotopic (exact) mass is 434 g/mol. The molecule has 0 atom stereocenters. The summed E-state index contributed by atoms with van der Waals surface area (Å²) in [5, 5.41) is 20.0. The standard InChI is InChI=1S/C22H20N2O2.3C2H6/c1-15(17-9-3-7-13-21(17)25)23-19-11-5-6-12-20(19)24-16(2)18-10-4-8-14-22(18)26;3*1-2/h3-14,25-26H,1-2H3;3*1-2H3. The smallest absolute Gasteiger partial charge is 0.124 e. The van der Waals surface area contributed by atoms with Crippen LogP contribution in [0.2, 0.25) is 0 Å². The number of aromatic hydroxyl groups is 2. The lowest BCUT2D eigenvalue weighted by Gasteiger charge is -2.07. The molecule has 4 heteroatoms. The van der Waals surface area contributed by atoms with Crippen LogP contribution in [0.15, 0.2) is 82.8 Å². The summed E-state index contributed by atoms with van der Waals surface area (Å²) in [6, 6.07) is 21.8. The van der Waals surface area contributed by atoms with Gasteiger partial charge in [0.1, 0.15) is 11.5 Å². The number of aliphatic imine (C=N–C) groups is 2. The second-order valence-electron chi connectivity index (χ2n) is 5.92. The van der Waals surface area contributed by atoms with Gasteiger partial charge in [-0.25, -0.2) is 0 Å². The summed E-state index contributed by atoms with van der Waals surface area (Å²) in [6.45, 7) is 15.7. The summed E-state index contributed by atoms with van der Waals surface area (Å²) in [6.07, 6.45) is 0. The van der Waals surface area contributed by atoms with Crippen LogP contribution in [0.3, 0.4) is 0 Å². The number of rotatable bonds is 4. The Morgan fingerprint density at radius 2 is 0.781 bits per heavy atom. The summed E-state index contributed by atoms with van der Waals surface area (Å²) in [4.78, 5) is 9.29. The highest BCUT2D eigenvalue weighted by atomic mass is 16.3. The quantitative estimate of drug-likeness (QED) is 0.404. The summed E-state index contributed by atoms with van der Waals surface area (Å²) < 4.78 is 0. The number of nitrogens with zero attached hydrogens (tertiary/aromatic N) is 2. The lowest BCUT2D eigenvalue weighted by atomic mass is 10.1. The SMILES string of the molecule is CC.CC.CC.CC(=Nc1ccccc1N=C(C)c1ccccc1O)c1ccccc1O. The van der Waals surface area contributed by atoms with Crippen molar-refractivity contribution < 1.29 is 10.2 Å². The molecule has 0 radical (unpaired) electrons. The molecular weight excluding hydrogens is 396 g/mol. The van der Waals surface area contributed by atoms with E-state index in [2.05, 4.69) is 9.98 Å². The molecule has 0 aromatic heterocycles. The van der Waals surface area contributed by atoms with Crippen LogP contribution in [0.5, 0.6) is 11.5 Å². The Bertz CT molecular complexity index is 911. The summed E-state index contributed by atoms with van der Waals surface area (Å²) in [5.74, 6) is 0.389. The number of hydrogen-bond donors (Lipinski definition) is 2. The van der Waals surface area contributed by atoms with E-state index in [-0.39, 0.29) is 11.5 Å². The first-order chi connectivity index (χ1) is 15.6. The Morgan fingerprint density at radius 1 is 0.500 bits per heavy atom. The molecule has 0 aliphatic rings. The normalized spacial score (nSPS) is 10.5. The van der Waals surface area contributed by atoms with Gasteiger partial charge in [0, 0.05) is 22.6 Å². The molecule has 0 fully saturated rings. The van der Waals surface area contributed by atoms with Gasteiger partial charge in [0.2, 0.25) is 0 Å². The summed E-state index contributed by atoms with van der Waals surface area (Å²) in [5.41, 5.74) is 4.16. The van der Waals surface area contributed by atoms with E-state index in [0.29, 0.717) is 33.9 Å². The molecule has 2 N–H and O–H groups in total. The van der Waals surface area contributed by atoms with Crippen LogP contribution in [-0.4, -0.2) is 21.6 Å². The van der Waals surface area contributed by atoms with Crippen molar-refractivity contribution in [3.8, 4) is 11.5 Å². The lowest BCUT2D eigenvalue weighted by molar-refractivity contribution is 0.473. The fourth-order valence-electron chi connectivity index (χ4n) is 2.69. The van der Waals surface area contributed by atoms with Crippen LogP contribution in [0.1, 0.15) is 66.5 Å². The number of phenolic OH excluding ortho intramolecular Hbond substituents is 2. The minimum Gasteiger partial charge on any atom is -0.507 e. The Balaban J connectivity index is 0.00000148. The molecule has 0 heterocycles. The van der Waals surface area contributed by atoms with Gasteiger partial charge >= 0.3 is 0 Å². The third-order valence-electron chi connectivity index (χ3n) is 4.05. The van der Waals surface area contributed by atoms with E-state index < -0.39 is 0 Å². The Hall–Kier alpha value is -3.40. The van der Waals surface area contributed by atoms with Gasteiger partial charge in [-0.1, -0.05) is 77.9 Å². The molecule has 0 saturated carbocycles. The summed E-state index contributed by atoms with van der Waals surface area (Å²) in [7, 11) is 0. The highest BCUT2D eigenvalue weighted by molar-refractivity contribution is 6.04. The van der Waals surface area contributed by atoms with Crippen LogP contribution in [0.4, 0.5) is 11.4 Å². The zero-order chi connectivity index (χ0) is 24.5. The molecule has 3 aromatic carbocycles. The molecule has 32 heavy (non-hydrogen) atoms. The van der Waals surface area contributed by atoms with Gasteiger partial charge in [-0.05, 0) is 50.2 Å². The largest absolute Gasteiger partial charge is 0.507 e. The third-order valence-corrected chi connectivity index (χ3v) is 4.05. The van der Waals surface area contributed by atoms with Gasteiger partial charge in [-0.2, -0.15) is 0 Å². The first-order valence-electron chi connectivity index (χ1n) is 11.3. The van der Waals surface area contributed by atoms with Crippen molar-refractivity contribution in [1.29, 1.82) is 0 Å². The van der Waals surface area contributed by atoms with Crippen molar-refractivity contribution in [2.24, 2.45) is 9.98 Å². The highest BCUT2D eigenvalue weighted by Crippen LogP contribution is 2.30. The maximum atomic E-state index is 10.0. The zero-order valence-corrected chi connectivity index (χ0v) is 20.7. The fraction of sp³-hybridized carbons (Fsp3) is 0.286. The first kappa shape index (κ1) is 28.6. The zero-order valence-electron chi connectivity index (χ0n) is 20.7. The predicted molar refractivity (Wildman–Crippen MR) is 140 cm³/mol. The van der Waals surface area contributed by atoms with Crippen molar-refractivity contribution >= 4 is 22.8 Å². The Labute approximate surface area is 194 Å². The molecule has 3 rings (SSSR count). The average Bonchev–Trinajstić information content (AvgIpc) is 2.84. The maximum Gasteiger partial charge on any atom is 0.124 e. The molecule has 3 aromatic rings. The van der Waals surface area contributed by atoms with Crippen LogP contribution >= 0.6 is 0 Å². The van der Waals surface area contributed by atoms with Gasteiger partial charge in [0.15, 0.2) is 0 Å². The number of phenols is 2. The van der Waals surface area contributed by atoms with Crippen LogP contribution < -0.4 is 0 Å². The molecule has 0 amide bonds. The highest BCUT2D eigenvalue weighted by Gasteiger charge is 2.08. The maximum absolute atomic E-state index is 10.0. The van der Waals surface area contributed by atoms with Crippen LogP contribution in [-0.2, 0) is 0 Å². The van der Waals surface area contributed by atoms with Crippen LogP contribution in [0, 0.1) is 0 Å². The molecule has 172 valence electrons. The van der Waals surface area contributed by atoms with Gasteiger partial charge in [-0.15, -0.1) is 0 Å². The van der Waals surface area contributed by atoms with E-state index in [9.17, 15) is 10.2 Å².